The van der Waals surface area contributed by atoms with Crippen molar-refractivity contribution in [1.82, 2.24) is 14.9 Å². The van der Waals surface area contributed by atoms with Crippen molar-refractivity contribution in [3.8, 4) is 11.4 Å². The number of esters is 1. The number of hydrogen-bond donors (Lipinski definition) is 3. The van der Waals surface area contributed by atoms with Gasteiger partial charge in [0.15, 0.2) is 5.60 Å². The average Bonchev–Trinajstić information content (AvgIpc) is 3.64. The highest BCUT2D eigenvalue weighted by Crippen LogP contribution is 2.47. The first-order chi connectivity index (χ1) is 18.7. The summed E-state index contributed by atoms with van der Waals surface area (Å²) in [5, 5.41) is 24.8. The maximum absolute atomic E-state index is 15.0. The van der Waals surface area contributed by atoms with Crippen LogP contribution < -0.4 is 5.32 Å². The van der Waals surface area contributed by atoms with Crippen molar-refractivity contribution in [2.75, 3.05) is 6.61 Å². The number of carbonyl (C=O) groups excluding carboxylic acids is 2. The number of ether oxygens (including phenoxy) is 1. The van der Waals surface area contributed by atoms with Crippen LogP contribution in [-0.2, 0) is 39.5 Å². The summed E-state index contributed by atoms with van der Waals surface area (Å²) in [6.07, 6.45) is 2.02. The number of fused-ring (bicyclic) bond motifs is 5. The lowest BCUT2D eigenvalue weighted by atomic mass is 9.81. The molecule has 3 N–H and O–H groups in total. The minimum Gasteiger partial charge on any atom is -0.458 e. The Labute approximate surface area is 228 Å². The highest BCUT2D eigenvalue weighted by molar-refractivity contribution is 7.71. The molecule has 202 valence electrons. The molecule has 1 saturated carbocycles. The number of nitrogens with zero attached hydrogens (tertiary/aromatic N) is 2. The van der Waals surface area contributed by atoms with E-state index in [4.69, 9.17) is 21.9 Å². The molecule has 0 spiro atoms. The van der Waals surface area contributed by atoms with Crippen LogP contribution >= 0.6 is 12.2 Å². The number of amides is 1. The Hall–Kier alpha value is -3.21. The molecule has 0 radical (unpaired) electrons. The van der Waals surface area contributed by atoms with E-state index in [1.807, 2.05) is 4.57 Å². The molecule has 4 heterocycles. The monoisotopic (exact) mass is 549 g/mol. The van der Waals surface area contributed by atoms with Gasteiger partial charge in [-0.25, -0.2) is 14.2 Å². The first-order valence-electron chi connectivity index (χ1n) is 13.4. The van der Waals surface area contributed by atoms with Crippen LogP contribution in [0.2, 0.25) is 0 Å². The number of benzene rings is 1. The molecule has 39 heavy (non-hydrogen) atoms. The summed E-state index contributed by atoms with van der Waals surface area (Å²) in [6, 6.07) is 2.91. The molecule has 2 unspecified atom stereocenters. The fourth-order valence-electron chi connectivity index (χ4n) is 6.75. The molecule has 2 aromatic heterocycles. The molecule has 1 amide bonds. The smallest absolute Gasteiger partial charge is 0.343 e. The van der Waals surface area contributed by atoms with Gasteiger partial charge in [-0.2, -0.15) is 0 Å². The minimum atomic E-state index is -1.81. The first kappa shape index (κ1) is 24.8. The summed E-state index contributed by atoms with van der Waals surface area (Å²) in [7, 11) is 0. The second-order valence-corrected chi connectivity index (χ2v) is 11.6. The Kier molecular flexibility index (Phi) is 5.34. The summed E-state index contributed by atoms with van der Waals surface area (Å²) in [4.78, 5) is 30.6. The maximum Gasteiger partial charge on any atom is 0.343 e. The van der Waals surface area contributed by atoms with Crippen molar-refractivity contribution in [3.05, 3.63) is 56.0 Å². The predicted octanol–water partition coefficient (Wildman–Crippen LogP) is 3.63. The SMILES string of the molecule is CC[C@@]1(O)C(=O)OCc2c1cc1n(c2=S)Cc2c-1nc1cc(F)c(C)c3c1c2[C@@H](NC(=O)C1CC1CO)CC3. The minimum absolute atomic E-state index is 0.00321. The molecular formula is C29H28FN3O5S. The lowest BCUT2D eigenvalue weighted by Gasteiger charge is -2.32. The molecule has 0 saturated heterocycles. The van der Waals surface area contributed by atoms with Gasteiger partial charge >= 0.3 is 5.97 Å². The number of rotatable bonds is 4. The third-order valence-electron chi connectivity index (χ3n) is 9.19. The third-order valence-corrected chi connectivity index (χ3v) is 9.66. The van der Waals surface area contributed by atoms with Gasteiger partial charge in [-0.1, -0.05) is 19.1 Å². The number of nitrogens with one attached hydrogen (secondary N) is 1. The van der Waals surface area contributed by atoms with Crippen LogP contribution in [0.4, 0.5) is 4.39 Å². The second kappa shape index (κ2) is 8.39. The fraction of sp³-hybridized carbons (Fsp3) is 0.448. The summed E-state index contributed by atoms with van der Waals surface area (Å²) in [6.45, 7) is 3.86. The van der Waals surface area contributed by atoms with Crippen molar-refractivity contribution in [2.45, 2.75) is 64.3 Å². The van der Waals surface area contributed by atoms with Gasteiger partial charge in [0.05, 0.1) is 29.5 Å². The lowest BCUT2D eigenvalue weighted by Crippen LogP contribution is -2.41. The highest BCUT2D eigenvalue weighted by Gasteiger charge is 2.46. The molecule has 10 heteroatoms. The van der Waals surface area contributed by atoms with Crippen LogP contribution in [0.5, 0.6) is 0 Å². The van der Waals surface area contributed by atoms with E-state index in [-0.39, 0.29) is 49.2 Å². The number of halogens is 1. The van der Waals surface area contributed by atoms with Crippen LogP contribution in [0.15, 0.2) is 12.1 Å². The summed E-state index contributed by atoms with van der Waals surface area (Å²) in [5.74, 6) is -1.31. The molecule has 2 aliphatic carbocycles. The van der Waals surface area contributed by atoms with Crippen LogP contribution in [-0.4, -0.2) is 38.2 Å². The van der Waals surface area contributed by atoms with E-state index < -0.39 is 11.6 Å². The number of hydrogen-bond acceptors (Lipinski definition) is 7. The van der Waals surface area contributed by atoms with Crippen molar-refractivity contribution in [1.29, 1.82) is 0 Å². The maximum atomic E-state index is 15.0. The molecule has 7 rings (SSSR count). The number of carbonyl (C=O) groups is 2. The average molecular weight is 550 g/mol. The predicted molar refractivity (Wildman–Crippen MR) is 142 cm³/mol. The van der Waals surface area contributed by atoms with Gasteiger partial charge in [-0.3, -0.25) is 4.79 Å². The number of aliphatic hydroxyl groups excluding tert-OH is 1. The second-order valence-electron chi connectivity index (χ2n) is 11.2. The number of aryl methyl sites for hydroxylation is 1. The van der Waals surface area contributed by atoms with E-state index >= 15 is 4.39 Å². The molecule has 2 aliphatic heterocycles. The normalized spacial score (nSPS) is 26.1. The molecule has 4 atom stereocenters. The van der Waals surface area contributed by atoms with Crippen molar-refractivity contribution in [3.63, 3.8) is 0 Å². The van der Waals surface area contributed by atoms with Crippen molar-refractivity contribution >= 4 is 35.0 Å². The van der Waals surface area contributed by atoms with E-state index in [9.17, 15) is 19.8 Å². The highest BCUT2D eigenvalue weighted by atomic mass is 32.1. The van der Waals surface area contributed by atoms with Gasteiger partial charge in [0.25, 0.3) is 0 Å². The van der Waals surface area contributed by atoms with E-state index in [2.05, 4.69) is 5.32 Å². The van der Waals surface area contributed by atoms with Gasteiger partial charge in [-0.15, -0.1) is 0 Å². The van der Waals surface area contributed by atoms with Crippen LogP contribution in [0, 0.1) is 29.2 Å². The van der Waals surface area contributed by atoms with Crippen molar-refractivity contribution in [2.24, 2.45) is 11.8 Å². The Balaban J connectivity index is 1.45. The Morgan fingerprint density at radius 2 is 2.13 bits per heavy atom. The third kappa shape index (κ3) is 3.34. The van der Waals surface area contributed by atoms with Gasteiger partial charge < -0.3 is 24.8 Å². The zero-order valence-corrected chi connectivity index (χ0v) is 22.5. The van der Waals surface area contributed by atoms with Crippen molar-refractivity contribution < 1.29 is 28.9 Å². The molecule has 0 bridgehead atoms. The number of aliphatic hydroxyl groups is 2. The molecule has 4 aliphatic rings. The number of pyridine rings is 2. The van der Waals surface area contributed by atoms with E-state index in [0.29, 0.717) is 64.0 Å². The van der Waals surface area contributed by atoms with Crippen LogP contribution in [0.25, 0.3) is 22.3 Å². The van der Waals surface area contributed by atoms with Crippen LogP contribution in [0.1, 0.15) is 65.6 Å². The van der Waals surface area contributed by atoms with E-state index in [0.717, 1.165) is 22.1 Å². The molecule has 1 fully saturated rings. The molecule has 1 aromatic carbocycles. The molecule has 3 aromatic rings. The Morgan fingerprint density at radius 1 is 1.33 bits per heavy atom. The van der Waals surface area contributed by atoms with E-state index in [1.54, 1.807) is 19.9 Å². The summed E-state index contributed by atoms with van der Waals surface area (Å²) >= 11 is 5.86. The van der Waals surface area contributed by atoms with Gasteiger partial charge in [0.1, 0.15) is 17.1 Å². The lowest BCUT2D eigenvalue weighted by molar-refractivity contribution is -0.172. The number of cyclic esters (lactones) is 1. The van der Waals surface area contributed by atoms with Crippen LogP contribution in [0.3, 0.4) is 0 Å². The Morgan fingerprint density at radius 3 is 2.85 bits per heavy atom. The Bertz CT molecular complexity index is 1700. The zero-order valence-electron chi connectivity index (χ0n) is 21.6. The quantitative estimate of drug-likeness (QED) is 0.263. The first-order valence-corrected chi connectivity index (χ1v) is 13.8. The zero-order chi connectivity index (χ0) is 27.4. The van der Waals surface area contributed by atoms with E-state index in [1.165, 1.54) is 6.07 Å². The standard InChI is InChI=1S/C29H28FN3O5S/c1-3-29(37)18-7-22-25-16(9-33(22)27(39)17(18)11-38-28(29)36)24-20(32-26(35)15-6-13(15)10-34)5-4-14-12(2)19(30)8-21(31-25)23(14)24/h7-8,13,15,20,34,37H,3-6,9-11H2,1-2H3,(H,32,35)/t13?,15?,20-,29-/m0/s1. The molecule has 8 nitrogen and oxygen atoms in total. The fourth-order valence-corrected chi connectivity index (χ4v) is 7.08. The number of aromatic nitrogens is 2. The van der Waals surface area contributed by atoms with Gasteiger partial charge in [-0.05, 0) is 61.3 Å². The van der Waals surface area contributed by atoms with Gasteiger partial charge in [0.2, 0.25) is 5.91 Å². The molecular weight excluding hydrogens is 521 g/mol. The van der Waals surface area contributed by atoms with Gasteiger partial charge in [0, 0.05) is 40.7 Å². The largest absolute Gasteiger partial charge is 0.458 e. The topological polar surface area (TPSA) is 114 Å². The summed E-state index contributed by atoms with van der Waals surface area (Å²) < 4.78 is 22.7. The summed E-state index contributed by atoms with van der Waals surface area (Å²) in [5.41, 5.74) is 4.27.